The van der Waals surface area contributed by atoms with Gasteiger partial charge in [0.05, 0.1) is 28.9 Å². The minimum Gasteiger partial charge on any atom is -0.489 e. The number of hydrogen-bond acceptors (Lipinski definition) is 7. The Balaban J connectivity index is 1.52. The van der Waals surface area contributed by atoms with Crippen LogP contribution in [-0.4, -0.2) is 50.7 Å². The standard InChI is InChI=1S/C24H28N6O2S/c1-5-30(4)24(31)14-6-7-16-20(9-14)33-23-21(16)22(25-12-26-23)28-18-8-15-11-27-29-17(15)10-19(18)32-13(2)3/h8,10-14H,5-7,9H2,1-4H3,(H,27,29)(H,25,26,28). The van der Waals surface area contributed by atoms with Crippen molar-refractivity contribution in [3.05, 3.63) is 35.1 Å². The van der Waals surface area contributed by atoms with Gasteiger partial charge in [-0.1, -0.05) is 0 Å². The number of carbonyl (C=O) groups is 1. The van der Waals surface area contributed by atoms with E-state index in [0.29, 0.717) is 0 Å². The quantitative estimate of drug-likeness (QED) is 0.430. The lowest BCUT2D eigenvalue weighted by Gasteiger charge is -2.26. The molecule has 3 heterocycles. The zero-order valence-corrected chi connectivity index (χ0v) is 20.1. The lowest BCUT2D eigenvalue weighted by atomic mass is 9.87. The molecule has 4 aromatic rings. The fraction of sp³-hybridized carbons (Fsp3) is 0.417. The number of anilines is 2. The highest BCUT2D eigenvalue weighted by atomic mass is 32.1. The van der Waals surface area contributed by atoms with E-state index >= 15 is 0 Å². The SMILES string of the molecule is CCN(C)C(=O)C1CCc2c(sc3ncnc(Nc4cc5cn[nH]c5cc4OC(C)C)c23)C1. The highest BCUT2D eigenvalue weighted by Crippen LogP contribution is 2.42. The van der Waals surface area contributed by atoms with Crippen LogP contribution in [0.3, 0.4) is 0 Å². The number of fused-ring (bicyclic) bond motifs is 4. The molecule has 2 N–H and O–H groups in total. The molecule has 1 atom stereocenters. The first-order valence-electron chi connectivity index (χ1n) is 11.4. The molecule has 0 bridgehead atoms. The molecule has 1 aliphatic rings. The lowest BCUT2D eigenvalue weighted by Crippen LogP contribution is -2.35. The average Bonchev–Trinajstić information content (AvgIpc) is 3.41. The van der Waals surface area contributed by atoms with Crippen LogP contribution in [0.5, 0.6) is 5.75 Å². The molecule has 0 saturated carbocycles. The minimum absolute atomic E-state index is 0.0287. The Morgan fingerprint density at radius 2 is 2.21 bits per heavy atom. The number of ether oxygens (including phenoxy) is 1. The molecule has 0 radical (unpaired) electrons. The molecule has 9 heteroatoms. The summed E-state index contributed by atoms with van der Waals surface area (Å²) in [5, 5.41) is 12.7. The summed E-state index contributed by atoms with van der Waals surface area (Å²) in [6.45, 7) is 6.76. The van der Waals surface area contributed by atoms with E-state index in [-0.39, 0.29) is 17.9 Å². The van der Waals surface area contributed by atoms with E-state index in [1.54, 1.807) is 23.9 Å². The maximum atomic E-state index is 12.7. The van der Waals surface area contributed by atoms with Gasteiger partial charge in [0.2, 0.25) is 5.91 Å². The van der Waals surface area contributed by atoms with Crippen LogP contribution in [0.4, 0.5) is 11.5 Å². The summed E-state index contributed by atoms with van der Waals surface area (Å²) in [5.74, 6) is 1.78. The second-order valence-corrected chi connectivity index (χ2v) is 9.88. The van der Waals surface area contributed by atoms with Gasteiger partial charge in [0.25, 0.3) is 0 Å². The summed E-state index contributed by atoms with van der Waals surface area (Å²) in [6.07, 6.45) is 5.88. The number of hydrogen-bond donors (Lipinski definition) is 2. The van der Waals surface area contributed by atoms with Gasteiger partial charge in [-0.05, 0) is 51.7 Å². The molecule has 0 spiro atoms. The molecule has 1 amide bonds. The van der Waals surface area contributed by atoms with Gasteiger partial charge in [-0.3, -0.25) is 9.89 Å². The molecule has 1 unspecified atom stereocenters. The number of aromatic amines is 1. The van der Waals surface area contributed by atoms with Gasteiger partial charge >= 0.3 is 0 Å². The third-order valence-corrected chi connectivity index (χ3v) is 7.36. The van der Waals surface area contributed by atoms with Crippen LogP contribution in [0.1, 0.15) is 37.6 Å². The summed E-state index contributed by atoms with van der Waals surface area (Å²) in [5.41, 5.74) is 3.02. The number of rotatable bonds is 6. The zero-order valence-electron chi connectivity index (χ0n) is 19.3. The van der Waals surface area contributed by atoms with Gasteiger partial charge in [0.15, 0.2) is 0 Å². The van der Waals surface area contributed by atoms with Gasteiger partial charge in [-0.25, -0.2) is 9.97 Å². The number of nitrogens with zero attached hydrogens (tertiary/aromatic N) is 4. The molecule has 1 aromatic carbocycles. The van der Waals surface area contributed by atoms with Gasteiger partial charge in [-0.15, -0.1) is 11.3 Å². The van der Waals surface area contributed by atoms with Crippen molar-refractivity contribution in [2.45, 2.75) is 46.1 Å². The maximum absolute atomic E-state index is 12.7. The van der Waals surface area contributed by atoms with Crippen molar-refractivity contribution in [3.8, 4) is 5.75 Å². The number of nitrogens with one attached hydrogen (secondary N) is 2. The van der Waals surface area contributed by atoms with E-state index in [1.165, 1.54) is 10.4 Å². The van der Waals surface area contributed by atoms with Crippen molar-refractivity contribution < 1.29 is 9.53 Å². The minimum atomic E-state index is 0.0287. The van der Waals surface area contributed by atoms with E-state index in [1.807, 2.05) is 44.9 Å². The number of carbonyl (C=O) groups excluding carboxylic acids is 1. The van der Waals surface area contributed by atoms with Crippen LogP contribution in [-0.2, 0) is 17.6 Å². The van der Waals surface area contributed by atoms with Crippen molar-refractivity contribution in [1.29, 1.82) is 0 Å². The second-order valence-electron chi connectivity index (χ2n) is 8.80. The number of amides is 1. The topological polar surface area (TPSA) is 96.0 Å². The molecule has 1 aliphatic carbocycles. The first-order chi connectivity index (χ1) is 15.9. The van der Waals surface area contributed by atoms with Gasteiger partial charge in [-0.2, -0.15) is 5.10 Å². The highest BCUT2D eigenvalue weighted by Gasteiger charge is 2.30. The van der Waals surface area contributed by atoms with Crippen LogP contribution >= 0.6 is 11.3 Å². The Bertz CT molecular complexity index is 1330. The van der Waals surface area contributed by atoms with E-state index in [2.05, 4.69) is 25.5 Å². The summed E-state index contributed by atoms with van der Waals surface area (Å²) in [7, 11) is 1.88. The third kappa shape index (κ3) is 4.01. The molecule has 0 aliphatic heterocycles. The van der Waals surface area contributed by atoms with Crippen LogP contribution < -0.4 is 10.1 Å². The van der Waals surface area contributed by atoms with Crippen LogP contribution in [0.25, 0.3) is 21.1 Å². The molecule has 5 rings (SSSR count). The van der Waals surface area contributed by atoms with Gasteiger partial charge in [0.1, 0.15) is 22.7 Å². The van der Waals surface area contributed by atoms with E-state index in [9.17, 15) is 4.79 Å². The van der Waals surface area contributed by atoms with Crippen molar-refractivity contribution in [2.24, 2.45) is 5.92 Å². The lowest BCUT2D eigenvalue weighted by molar-refractivity contribution is -0.134. The Labute approximate surface area is 196 Å². The largest absolute Gasteiger partial charge is 0.489 e. The van der Waals surface area contributed by atoms with Crippen molar-refractivity contribution in [1.82, 2.24) is 25.1 Å². The molecule has 0 saturated heterocycles. The summed E-state index contributed by atoms with van der Waals surface area (Å²) >= 11 is 1.68. The average molecular weight is 465 g/mol. The van der Waals surface area contributed by atoms with Crippen molar-refractivity contribution >= 4 is 49.9 Å². The fourth-order valence-corrected chi connectivity index (χ4v) is 5.70. The predicted octanol–water partition coefficient (Wildman–Crippen LogP) is 4.68. The maximum Gasteiger partial charge on any atom is 0.225 e. The molecule has 33 heavy (non-hydrogen) atoms. The second kappa shape index (κ2) is 8.62. The first-order valence-corrected chi connectivity index (χ1v) is 12.2. The number of H-pyrrole nitrogens is 1. The monoisotopic (exact) mass is 464 g/mol. The molecular weight excluding hydrogens is 436 g/mol. The Hall–Kier alpha value is -3.20. The van der Waals surface area contributed by atoms with Crippen LogP contribution in [0.15, 0.2) is 24.7 Å². The first kappa shape index (κ1) is 21.6. The van der Waals surface area contributed by atoms with E-state index < -0.39 is 0 Å². The van der Waals surface area contributed by atoms with Crippen LogP contribution in [0.2, 0.25) is 0 Å². The summed E-state index contributed by atoms with van der Waals surface area (Å²) in [4.78, 5) is 25.9. The van der Waals surface area contributed by atoms with E-state index in [0.717, 1.165) is 64.2 Å². The molecule has 8 nitrogen and oxygen atoms in total. The predicted molar refractivity (Wildman–Crippen MR) is 131 cm³/mol. The van der Waals surface area contributed by atoms with Gasteiger partial charge < -0.3 is 15.0 Å². The van der Waals surface area contributed by atoms with Gasteiger partial charge in [0, 0.05) is 35.8 Å². The third-order valence-electron chi connectivity index (χ3n) is 6.20. The normalized spacial score (nSPS) is 15.7. The smallest absolute Gasteiger partial charge is 0.225 e. The Morgan fingerprint density at radius 3 is 3.00 bits per heavy atom. The number of thiophene rings is 1. The summed E-state index contributed by atoms with van der Waals surface area (Å²) < 4.78 is 6.08. The Kier molecular flexibility index (Phi) is 5.65. The summed E-state index contributed by atoms with van der Waals surface area (Å²) in [6, 6.07) is 3.99. The molecule has 0 fully saturated rings. The van der Waals surface area contributed by atoms with Crippen LogP contribution in [0, 0.1) is 5.92 Å². The fourth-order valence-electron chi connectivity index (χ4n) is 4.43. The van der Waals surface area contributed by atoms with Crippen molar-refractivity contribution in [3.63, 3.8) is 0 Å². The number of benzene rings is 1. The van der Waals surface area contributed by atoms with E-state index in [4.69, 9.17) is 4.74 Å². The molecular formula is C24H28N6O2S. The number of aryl methyl sites for hydroxylation is 1. The highest BCUT2D eigenvalue weighted by molar-refractivity contribution is 7.19. The zero-order chi connectivity index (χ0) is 23.1. The van der Waals surface area contributed by atoms with Crippen molar-refractivity contribution in [2.75, 3.05) is 18.9 Å². The molecule has 172 valence electrons. The molecule has 3 aromatic heterocycles. The number of aromatic nitrogens is 4. The Morgan fingerprint density at radius 1 is 1.36 bits per heavy atom.